The Morgan fingerprint density at radius 2 is 1.88 bits per heavy atom. The van der Waals surface area contributed by atoms with E-state index in [0.29, 0.717) is 34.9 Å². The number of fused-ring (bicyclic) bond motifs is 1. The maximum absolute atomic E-state index is 12.5. The molecule has 0 radical (unpaired) electrons. The molecule has 1 aromatic heterocycles. The largest absolute Gasteiger partial charge is 0.573 e. The summed E-state index contributed by atoms with van der Waals surface area (Å²) < 4.78 is 43.6. The van der Waals surface area contributed by atoms with Crippen molar-refractivity contribution in [2.45, 2.75) is 52.4 Å². The van der Waals surface area contributed by atoms with Crippen LogP contribution in [0.15, 0.2) is 42.5 Å². The van der Waals surface area contributed by atoms with Crippen molar-refractivity contribution in [3.8, 4) is 5.75 Å². The Kier molecular flexibility index (Phi) is 6.47. The Hall–Kier alpha value is -3.23. The molecule has 1 aliphatic rings. The fraction of sp³-hybridized carbons (Fsp3) is 0.440. The molecule has 1 saturated carbocycles. The number of carbonyl (C=O) groups is 1. The molecule has 1 aliphatic carbocycles. The molecule has 2 aromatic carbocycles. The molecule has 0 unspecified atom stereocenters. The second-order valence-electron chi connectivity index (χ2n) is 9.40. The Labute approximate surface area is 195 Å². The highest BCUT2D eigenvalue weighted by Gasteiger charge is 2.34. The van der Waals surface area contributed by atoms with Gasteiger partial charge >= 0.3 is 12.3 Å². The maximum Gasteiger partial charge on any atom is 0.573 e. The minimum absolute atomic E-state index is 0.148. The number of aromatic nitrogens is 2. The summed E-state index contributed by atoms with van der Waals surface area (Å²) in [7, 11) is 0. The molecule has 1 heterocycles. The molecule has 34 heavy (non-hydrogen) atoms. The zero-order valence-corrected chi connectivity index (χ0v) is 19.3. The van der Waals surface area contributed by atoms with Crippen LogP contribution in [0.4, 0.5) is 24.8 Å². The summed E-state index contributed by atoms with van der Waals surface area (Å²) in [5, 5.41) is 12.7. The first-order valence-electron chi connectivity index (χ1n) is 11.4. The summed E-state index contributed by atoms with van der Waals surface area (Å²) in [6.45, 7) is 6.65. The lowest BCUT2D eigenvalue weighted by Crippen LogP contribution is -2.30. The topological polar surface area (TPSA) is 76.4 Å². The number of aromatic carboxylic acids is 1. The van der Waals surface area contributed by atoms with E-state index in [2.05, 4.69) is 35.4 Å². The molecule has 182 valence electrons. The van der Waals surface area contributed by atoms with Gasteiger partial charge in [0.1, 0.15) is 5.75 Å². The third-order valence-electron chi connectivity index (χ3n) is 6.60. The van der Waals surface area contributed by atoms with Crippen molar-refractivity contribution in [2.75, 3.05) is 5.32 Å². The summed E-state index contributed by atoms with van der Waals surface area (Å²) in [6, 6.07) is 10.5. The number of carboxylic acid groups (broad SMARTS) is 1. The van der Waals surface area contributed by atoms with Gasteiger partial charge < -0.3 is 19.7 Å². The van der Waals surface area contributed by atoms with Gasteiger partial charge in [-0.3, -0.25) is 0 Å². The van der Waals surface area contributed by atoms with E-state index in [1.807, 2.05) is 0 Å². The molecule has 0 spiro atoms. The van der Waals surface area contributed by atoms with Crippen molar-refractivity contribution in [3.63, 3.8) is 0 Å². The van der Waals surface area contributed by atoms with E-state index >= 15 is 0 Å². The lowest BCUT2D eigenvalue weighted by atomic mass is 9.74. The number of benzene rings is 2. The Bertz CT molecular complexity index is 1170. The highest BCUT2D eigenvalue weighted by molar-refractivity contribution is 5.93. The van der Waals surface area contributed by atoms with Gasteiger partial charge in [-0.05, 0) is 73.1 Å². The minimum Gasteiger partial charge on any atom is -0.478 e. The van der Waals surface area contributed by atoms with E-state index in [1.165, 1.54) is 24.3 Å². The van der Waals surface area contributed by atoms with Gasteiger partial charge in [0.05, 0.1) is 16.6 Å². The van der Waals surface area contributed by atoms with Crippen LogP contribution in [0.2, 0.25) is 0 Å². The molecule has 0 bridgehead atoms. The van der Waals surface area contributed by atoms with Crippen LogP contribution in [-0.4, -0.2) is 27.0 Å². The number of anilines is 2. The quantitative estimate of drug-likeness (QED) is 0.401. The summed E-state index contributed by atoms with van der Waals surface area (Å²) in [4.78, 5) is 16.2. The van der Waals surface area contributed by atoms with Crippen molar-refractivity contribution >= 4 is 28.6 Å². The van der Waals surface area contributed by atoms with Crippen LogP contribution in [0.5, 0.6) is 5.75 Å². The van der Waals surface area contributed by atoms with Gasteiger partial charge in [-0.2, -0.15) is 0 Å². The monoisotopic (exact) mass is 475 g/mol. The van der Waals surface area contributed by atoms with Crippen LogP contribution in [-0.2, 0) is 0 Å². The fourth-order valence-corrected chi connectivity index (χ4v) is 4.97. The average molecular weight is 476 g/mol. The smallest absolute Gasteiger partial charge is 0.478 e. The van der Waals surface area contributed by atoms with E-state index in [9.17, 15) is 23.1 Å². The number of halogens is 3. The molecule has 1 fully saturated rings. The maximum atomic E-state index is 12.5. The van der Waals surface area contributed by atoms with Gasteiger partial charge in [-0.1, -0.05) is 27.2 Å². The molecule has 0 aliphatic heterocycles. The standard InChI is InChI=1S/C25H28F3N3O3/c1-14(2)19-10-4-15(3)12-22(19)31-21-11-5-16(23(32)33)13-20(21)30-24(31)29-17-6-8-18(9-7-17)34-25(26,27)28/h5-9,11,13-15,19,22H,4,10,12H2,1-3H3,(H,29,30)(H,32,33)/t15-,19+,22-/m1/s1. The Morgan fingerprint density at radius 3 is 2.50 bits per heavy atom. The molecule has 2 N–H and O–H groups in total. The number of nitrogens with zero attached hydrogens (tertiary/aromatic N) is 2. The van der Waals surface area contributed by atoms with E-state index < -0.39 is 12.3 Å². The van der Waals surface area contributed by atoms with Gasteiger partial charge in [0.2, 0.25) is 5.95 Å². The van der Waals surface area contributed by atoms with Crippen molar-refractivity contribution in [2.24, 2.45) is 17.8 Å². The van der Waals surface area contributed by atoms with Crippen LogP contribution in [0.1, 0.15) is 56.4 Å². The van der Waals surface area contributed by atoms with E-state index in [4.69, 9.17) is 4.98 Å². The van der Waals surface area contributed by atoms with Gasteiger partial charge in [0.15, 0.2) is 0 Å². The summed E-state index contributed by atoms with van der Waals surface area (Å²) in [5.41, 5.74) is 2.08. The fourth-order valence-electron chi connectivity index (χ4n) is 4.97. The first-order chi connectivity index (χ1) is 16.0. The van der Waals surface area contributed by atoms with Crippen molar-refractivity contribution < 1.29 is 27.8 Å². The van der Waals surface area contributed by atoms with Gasteiger partial charge in [0, 0.05) is 11.7 Å². The Balaban J connectivity index is 1.76. The molecular weight excluding hydrogens is 447 g/mol. The molecule has 3 aromatic rings. The highest BCUT2D eigenvalue weighted by atomic mass is 19.4. The molecule has 4 rings (SSSR count). The number of carboxylic acids is 1. The van der Waals surface area contributed by atoms with Crippen LogP contribution >= 0.6 is 0 Å². The lowest BCUT2D eigenvalue weighted by Gasteiger charge is -2.39. The molecular formula is C25H28F3N3O3. The number of imidazole rings is 1. The van der Waals surface area contributed by atoms with Crippen molar-refractivity contribution in [3.05, 3.63) is 48.0 Å². The van der Waals surface area contributed by atoms with Crippen molar-refractivity contribution in [1.82, 2.24) is 9.55 Å². The molecule has 3 atom stereocenters. The normalized spacial score (nSPS) is 21.1. The predicted octanol–water partition coefficient (Wildman–Crippen LogP) is 7.01. The molecule has 0 saturated heterocycles. The lowest BCUT2D eigenvalue weighted by molar-refractivity contribution is -0.274. The van der Waals surface area contributed by atoms with Crippen LogP contribution in [0, 0.1) is 17.8 Å². The first kappa shape index (κ1) is 23.9. The molecule has 6 nitrogen and oxygen atoms in total. The van der Waals surface area contributed by atoms with Gasteiger partial charge in [-0.25, -0.2) is 9.78 Å². The van der Waals surface area contributed by atoms with E-state index in [0.717, 1.165) is 24.8 Å². The number of alkyl halides is 3. The van der Waals surface area contributed by atoms with Gasteiger partial charge in [0.25, 0.3) is 0 Å². The number of ether oxygens (including phenoxy) is 1. The van der Waals surface area contributed by atoms with Crippen LogP contribution < -0.4 is 10.1 Å². The second-order valence-corrected chi connectivity index (χ2v) is 9.40. The first-order valence-corrected chi connectivity index (χ1v) is 11.4. The zero-order valence-electron chi connectivity index (χ0n) is 19.3. The summed E-state index contributed by atoms with van der Waals surface area (Å²) in [5.74, 6) is 0.584. The minimum atomic E-state index is -4.76. The number of hydrogen-bond donors (Lipinski definition) is 2. The van der Waals surface area contributed by atoms with Crippen LogP contribution in [0.3, 0.4) is 0 Å². The number of rotatable bonds is 6. The number of nitrogens with one attached hydrogen (secondary N) is 1. The average Bonchev–Trinajstić information content (AvgIpc) is 3.10. The Morgan fingerprint density at radius 1 is 1.18 bits per heavy atom. The van der Waals surface area contributed by atoms with Gasteiger partial charge in [-0.15, -0.1) is 13.2 Å². The molecule has 0 amide bonds. The SMILES string of the molecule is CC(C)[C@@H]1CC[C@@H](C)C[C@H]1n1c(Nc2ccc(OC(F)(F)F)cc2)nc2cc(C(=O)O)ccc21. The van der Waals surface area contributed by atoms with Crippen molar-refractivity contribution in [1.29, 1.82) is 0 Å². The van der Waals surface area contributed by atoms with Crippen LogP contribution in [0.25, 0.3) is 11.0 Å². The summed E-state index contributed by atoms with van der Waals surface area (Å²) >= 11 is 0. The summed E-state index contributed by atoms with van der Waals surface area (Å²) in [6.07, 6.45) is -1.56. The number of hydrogen-bond acceptors (Lipinski definition) is 4. The highest BCUT2D eigenvalue weighted by Crippen LogP contribution is 2.44. The van der Waals surface area contributed by atoms with E-state index in [-0.39, 0.29) is 17.4 Å². The third-order valence-corrected chi connectivity index (χ3v) is 6.60. The second kappa shape index (κ2) is 9.19. The zero-order chi connectivity index (χ0) is 24.6. The third kappa shape index (κ3) is 5.13. The predicted molar refractivity (Wildman–Crippen MR) is 123 cm³/mol. The molecule has 9 heteroatoms. The van der Waals surface area contributed by atoms with E-state index in [1.54, 1.807) is 18.2 Å².